The Bertz CT molecular complexity index is 781. The molecule has 2 aliphatic rings. The topological polar surface area (TPSA) is 75.6 Å². The first kappa shape index (κ1) is 25.4. The van der Waals surface area contributed by atoms with E-state index in [1.807, 2.05) is 39.0 Å². The van der Waals surface area contributed by atoms with Crippen LogP contribution >= 0.6 is 24.0 Å². The SMILES string of the molecule is COc1ccc(OC)c(CCCNC2=NCC3CN(C(=O)OC(C)(C)C)CCN23)c1.I. The van der Waals surface area contributed by atoms with Crippen molar-refractivity contribution >= 4 is 36.0 Å². The number of amides is 1. The first-order chi connectivity index (χ1) is 14.3. The summed E-state index contributed by atoms with van der Waals surface area (Å²) < 4.78 is 16.3. The van der Waals surface area contributed by atoms with Crippen LogP contribution in [-0.4, -0.2) is 80.4 Å². The Morgan fingerprint density at radius 2 is 2.00 bits per heavy atom. The molecule has 2 heterocycles. The molecule has 1 unspecified atom stereocenters. The Morgan fingerprint density at radius 3 is 2.68 bits per heavy atom. The molecular weight excluding hydrogens is 511 g/mol. The fourth-order valence-corrected chi connectivity index (χ4v) is 3.78. The number of fused-ring (bicyclic) bond motifs is 1. The van der Waals surface area contributed by atoms with E-state index in [-0.39, 0.29) is 36.1 Å². The number of benzene rings is 1. The van der Waals surface area contributed by atoms with Crippen molar-refractivity contribution in [1.82, 2.24) is 15.1 Å². The Kier molecular flexibility index (Phi) is 9.08. The number of aliphatic imine (C=N–C) groups is 1. The summed E-state index contributed by atoms with van der Waals surface area (Å²) in [5, 5.41) is 3.47. The van der Waals surface area contributed by atoms with Gasteiger partial charge in [0.15, 0.2) is 5.96 Å². The minimum absolute atomic E-state index is 0. The van der Waals surface area contributed by atoms with E-state index in [2.05, 4.69) is 15.2 Å². The monoisotopic (exact) mass is 546 g/mol. The highest BCUT2D eigenvalue weighted by atomic mass is 127. The summed E-state index contributed by atoms with van der Waals surface area (Å²) in [6.07, 6.45) is 1.59. The van der Waals surface area contributed by atoms with Crippen molar-refractivity contribution in [3.63, 3.8) is 0 Å². The first-order valence-corrected chi connectivity index (χ1v) is 10.5. The Balaban J connectivity index is 0.00000341. The molecule has 9 heteroatoms. The number of hydrogen-bond donors (Lipinski definition) is 1. The molecule has 1 aromatic rings. The van der Waals surface area contributed by atoms with Crippen LogP contribution in [0.25, 0.3) is 0 Å². The molecule has 0 saturated carbocycles. The molecule has 1 atom stereocenters. The normalized spacial score (nSPS) is 18.0. The smallest absolute Gasteiger partial charge is 0.410 e. The zero-order valence-corrected chi connectivity index (χ0v) is 21.5. The van der Waals surface area contributed by atoms with Crippen LogP contribution in [0.1, 0.15) is 32.8 Å². The third-order valence-corrected chi connectivity index (χ3v) is 5.25. The van der Waals surface area contributed by atoms with E-state index >= 15 is 0 Å². The summed E-state index contributed by atoms with van der Waals surface area (Å²) >= 11 is 0. The summed E-state index contributed by atoms with van der Waals surface area (Å²) in [5.74, 6) is 2.65. The van der Waals surface area contributed by atoms with Crippen LogP contribution in [-0.2, 0) is 11.2 Å². The van der Waals surface area contributed by atoms with Gasteiger partial charge >= 0.3 is 6.09 Å². The minimum Gasteiger partial charge on any atom is -0.497 e. The van der Waals surface area contributed by atoms with E-state index in [9.17, 15) is 4.79 Å². The number of nitrogens with zero attached hydrogens (tertiary/aromatic N) is 3. The van der Waals surface area contributed by atoms with Gasteiger partial charge in [0.05, 0.1) is 26.8 Å². The second-order valence-electron chi connectivity index (χ2n) is 8.65. The maximum atomic E-state index is 12.3. The van der Waals surface area contributed by atoms with Crippen LogP contribution in [0.4, 0.5) is 4.79 Å². The fourth-order valence-electron chi connectivity index (χ4n) is 3.78. The molecule has 1 saturated heterocycles. The lowest BCUT2D eigenvalue weighted by atomic mass is 10.1. The van der Waals surface area contributed by atoms with Crippen molar-refractivity contribution in [3.05, 3.63) is 23.8 Å². The average Bonchev–Trinajstić information content (AvgIpc) is 3.12. The van der Waals surface area contributed by atoms with E-state index in [0.29, 0.717) is 19.6 Å². The molecule has 1 N–H and O–H groups in total. The van der Waals surface area contributed by atoms with Crippen LogP contribution in [0, 0.1) is 0 Å². The summed E-state index contributed by atoms with van der Waals surface area (Å²) in [7, 11) is 3.36. The summed E-state index contributed by atoms with van der Waals surface area (Å²) in [5.41, 5.74) is 0.661. The number of rotatable bonds is 6. The second-order valence-corrected chi connectivity index (χ2v) is 8.65. The van der Waals surface area contributed by atoms with Crippen LogP contribution < -0.4 is 14.8 Å². The maximum Gasteiger partial charge on any atom is 0.410 e. The quantitative estimate of drug-likeness (QED) is 0.437. The van der Waals surface area contributed by atoms with Crippen molar-refractivity contribution in [2.45, 2.75) is 45.3 Å². The molecule has 0 spiro atoms. The fraction of sp³-hybridized carbons (Fsp3) is 0.636. The highest BCUT2D eigenvalue weighted by Crippen LogP contribution is 2.25. The zero-order chi connectivity index (χ0) is 21.7. The van der Waals surface area contributed by atoms with Gasteiger partial charge in [-0.05, 0) is 57.4 Å². The number of ether oxygens (including phenoxy) is 3. The molecule has 0 radical (unpaired) electrons. The third kappa shape index (κ3) is 6.78. The van der Waals surface area contributed by atoms with Gasteiger partial charge in [0.2, 0.25) is 0 Å². The molecule has 1 amide bonds. The Labute approximate surface area is 202 Å². The highest BCUT2D eigenvalue weighted by molar-refractivity contribution is 14.0. The number of nitrogens with one attached hydrogen (secondary N) is 1. The predicted molar refractivity (Wildman–Crippen MR) is 132 cm³/mol. The van der Waals surface area contributed by atoms with E-state index in [1.54, 1.807) is 19.1 Å². The molecule has 174 valence electrons. The number of hydrogen-bond acceptors (Lipinski definition) is 7. The number of methoxy groups -OCH3 is 2. The maximum absolute atomic E-state index is 12.3. The second kappa shape index (κ2) is 11.1. The lowest BCUT2D eigenvalue weighted by molar-refractivity contribution is 0.0137. The van der Waals surface area contributed by atoms with E-state index in [4.69, 9.17) is 14.2 Å². The molecular formula is C22H35IN4O4. The summed E-state index contributed by atoms with van der Waals surface area (Å²) in [6, 6.07) is 6.09. The number of piperazine rings is 1. The minimum atomic E-state index is -0.474. The third-order valence-electron chi connectivity index (χ3n) is 5.25. The average molecular weight is 546 g/mol. The van der Waals surface area contributed by atoms with Gasteiger partial charge in [-0.25, -0.2) is 4.79 Å². The van der Waals surface area contributed by atoms with Crippen molar-refractivity contribution < 1.29 is 19.0 Å². The highest BCUT2D eigenvalue weighted by Gasteiger charge is 2.36. The van der Waals surface area contributed by atoms with Gasteiger partial charge in [-0.3, -0.25) is 4.99 Å². The summed E-state index contributed by atoms with van der Waals surface area (Å²) in [6.45, 7) is 9.25. The molecule has 0 bridgehead atoms. The van der Waals surface area contributed by atoms with Gasteiger partial charge in [-0.15, -0.1) is 24.0 Å². The molecule has 3 rings (SSSR count). The molecule has 8 nitrogen and oxygen atoms in total. The number of aryl methyl sites for hydroxylation is 1. The standard InChI is InChI=1S/C22H34N4O4.HI/c1-22(2,3)30-21(27)25-11-12-26-17(15-25)14-24-20(26)23-10-6-7-16-13-18(28-4)8-9-19(16)29-5;/h8-9,13,17H,6-7,10-12,14-15H2,1-5H3,(H,23,24);1H. The molecule has 31 heavy (non-hydrogen) atoms. The van der Waals surface area contributed by atoms with Crippen LogP contribution in [0.15, 0.2) is 23.2 Å². The number of carbonyl (C=O) groups is 1. The lowest BCUT2D eigenvalue weighted by Crippen LogP contribution is -2.57. The van der Waals surface area contributed by atoms with Crippen LogP contribution in [0.5, 0.6) is 11.5 Å². The molecule has 2 aliphatic heterocycles. The van der Waals surface area contributed by atoms with Gasteiger partial charge in [-0.1, -0.05) is 0 Å². The Hall–Kier alpha value is -1.91. The van der Waals surface area contributed by atoms with E-state index in [0.717, 1.165) is 49.0 Å². The Morgan fingerprint density at radius 1 is 1.23 bits per heavy atom. The number of guanidine groups is 1. The summed E-state index contributed by atoms with van der Waals surface area (Å²) in [4.78, 5) is 21.1. The van der Waals surface area contributed by atoms with Gasteiger partial charge in [0.25, 0.3) is 0 Å². The first-order valence-electron chi connectivity index (χ1n) is 10.5. The molecule has 0 aromatic heterocycles. The predicted octanol–water partition coefficient (Wildman–Crippen LogP) is 3.13. The van der Waals surface area contributed by atoms with Gasteiger partial charge in [-0.2, -0.15) is 0 Å². The van der Waals surface area contributed by atoms with Crippen molar-refractivity contribution in [2.75, 3.05) is 46.9 Å². The molecule has 1 aromatic carbocycles. The number of carbonyl (C=O) groups excluding carboxylic acids is 1. The van der Waals surface area contributed by atoms with E-state index in [1.165, 1.54) is 0 Å². The van der Waals surface area contributed by atoms with Gasteiger partial charge in [0.1, 0.15) is 17.1 Å². The molecule has 1 fully saturated rings. The van der Waals surface area contributed by atoms with Crippen molar-refractivity contribution in [2.24, 2.45) is 4.99 Å². The van der Waals surface area contributed by atoms with Crippen molar-refractivity contribution in [3.8, 4) is 11.5 Å². The number of halogens is 1. The van der Waals surface area contributed by atoms with Crippen LogP contribution in [0.2, 0.25) is 0 Å². The lowest BCUT2D eigenvalue weighted by Gasteiger charge is -2.39. The van der Waals surface area contributed by atoms with Crippen LogP contribution in [0.3, 0.4) is 0 Å². The molecule has 0 aliphatic carbocycles. The van der Waals surface area contributed by atoms with E-state index < -0.39 is 5.60 Å². The van der Waals surface area contributed by atoms with Gasteiger partial charge in [0, 0.05) is 26.2 Å². The largest absolute Gasteiger partial charge is 0.497 e. The van der Waals surface area contributed by atoms with Gasteiger partial charge < -0.3 is 29.3 Å². The zero-order valence-electron chi connectivity index (χ0n) is 19.1. The van der Waals surface area contributed by atoms with Crippen molar-refractivity contribution in [1.29, 1.82) is 0 Å².